The minimum atomic E-state index is -0.352. The second-order valence-corrected chi connectivity index (χ2v) is 6.13. The maximum Gasteiger partial charge on any atom is 0.338 e. The van der Waals surface area contributed by atoms with Crippen LogP contribution in [-0.4, -0.2) is 31.6 Å². The minimum absolute atomic E-state index is 0.124. The Balaban J connectivity index is 1.76. The second kappa shape index (κ2) is 9.61. The third-order valence-electron chi connectivity index (χ3n) is 3.86. The summed E-state index contributed by atoms with van der Waals surface area (Å²) in [4.78, 5) is 23.7. The Bertz CT molecular complexity index is 721. The van der Waals surface area contributed by atoms with Gasteiger partial charge in [0.05, 0.1) is 18.7 Å². The van der Waals surface area contributed by atoms with Gasteiger partial charge in [-0.2, -0.15) is 0 Å². The molecule has 0 radical (unpaired) electrons. The Hall–Kier alpha value is -2.82. The molecule has 0 atom stereocenters. The van der Waals surface area contributed by atoms with Gasteiger partial charge in [0.2, 0.25) is 0 Å². The number of carbonyl (C=O) groups excluding carboxylic acids is 2. The second-order valence-electron chi connectivity index (χ2n) is 6.13. The molecular formula is C21H25NO4. The molecule has 0 aliphatic carbocycles. The first-order chi connectivity index (χ1) is 12.5. The Morgan fingerprint density at radius 2 is 1.58 bits per heavy atom. The normalized spacial score (nSPS) is 10.5. The van der Waals surface area contributed by atoms with Crippen LogP contribution in [0.5, 0.6) is 5.75 Å². The number of hydrogen-bond acceptors (Lipinski definition) is 4. The maximum atomic E-state index is 12.1. The van der Waals surface area contributed by atoms with E-state index in [9.17, 15) is 9.59 Å². The number of nitrogens with one attached hydrogen (secondary N) is 1. The molecule has 0 saturated heterocycles. The zero-order chi connectivity index (χ0) is 18.9. The van der Waals surface area contributed by atoms with Crippen LogP contribution in [0.4, 0.5) is 0 Å². The van der Waals surface area contributed by atoms with E-state index in [1.807, 2.05) is 24.3 Å². The Kier molecular flexibility index (Phi) is 7.21. The van der Waals surface area contributed by atoms with Gasteiger partial charge in [-0.1, -0.05) is 26.0 Å². The highest BCUT2D eigenvalue weighted by Gasteiger charge is 2.07. The summed E-state index contributed by atoms with van der Waals surface area (Å²) in [5.74, 6) is 0.598. The van der Waals surface area contributed by atoms with Crippen molar-refractivity contribution in [2.75, 3.05) is 19.8 Å². The number of rotatable bonds is 8. The predicted molar refractivity (Wildman–Crippen MR) is 101 cm³/mol. The molecule has 0 unspecified atom stereocenters. The van der Waals surface area contributed by atoms with Crippen LogP contribution in [0.1, 0.15) is 53.0 Å². The number of esters is 1. The number of carbonyl (C=O) groups is 2. The van der Waals surface area contributed by atoms with Crippen molar-refractivity contribution in [3.05, 3.63) is 65.2 Å². The molecule has 5 nitrogen and oxygen atoms in total. The monoisotopic (exact) mass is 355 g/mol. The van der Waals surface area contributed by atoms with Gasteiger partial charge < -0.3 is 14.8 Å². The van der Waals surface area contributed by atoms with Crippen molar-refractivity contribution in [2.24, 2.45) is 0 Å². The van der Waals surface area contributed by atoms with E-state index in [0.29, 0.717) is 42.6 Å². The summed E-state index contributed by atoms with van der Waals surface area (Å²) in [6.45, 7) is 7.08. The summed E-state index contributed by atoms with van der Waals surface area (Å²) in [6.07, 6.45) is 0. The summed E-state index contributed by atoms with van der Waals surface area (Å²) in [7, 11) is 0. The highest BCUT2D eigenvalue weighted by Crippen LogP contribution is 2.15. The predicted octanol–water partition coefficient (Wildman–Crippen LogP) is 3.80. The van der Waals surface area contributed by atoms with Gasteiger partial charge in [-0.25, -0.2) is 4.79 Å². The Labute approximate surface area is 154 Å². The zero-order valence-corrected chi connectivity index (χ0v) is 15.5. The lowest BCUT2D eigenvalue weighted by Gasteiger charge is -2.09. The van der Waals surface area contributed by atoms with Crippen LogP contribution in [0, 0.1) is 0 Å². The van der Waals surface area contributed by atoms with Crippen molar-refractivity contribution in [3.63, 3.8) is 0 Å². The van der Waals surface area contributed by atoms with Crippen LogP contribution in [0.3, 0.4) is 0 Å². The van der Waals surface area contributed by atoms with E-state index < -0.39 is 0 Å². The van der Waals surface area contributed by atoms with Crippen molar-refractivity contribution in [1.29, 1.82) is 0 Å². The Morgan fingerprint density at radius 1 is 0.962 bits per heavy atom. The molecule has 0 heterocycles. The number of amides is 1. The van der Waals surface area contributed by atoms with E-state index in [1.54, 1.807) is 31.2 Å². The number of ether oxygens (including phenoxy) is 2. The topological polar surface area (TPSA) is 64.6 Å². The van der Waals surface area contributed by atoms with E-state index in [2.05, 4.69) is 19.2 Å². The summed E-state index contributed by atoms with van der Waals surface area (Å²) in [5.41, 5.74) is 2.32. The molecule has 1 N–H and O–H groups in total. The van der Waals surface area contributed by atoms with Crippen LogP contribution in [0.2, 0.25) is 0 Å². The molecule has 0 spiro atoms. The van der Waals surface area contributed by atoms with E-state index >= 15 is 0 Å². The SMILES string of the molecule is CCOC(=O)c1ccc(OCCNC(=O)c2ccc(C(C)C)cc2)cc1. The van der Waals surface area contributed by atoms with Crippen LogP contribution < -0.4 is 10.1 Å². The molecule has 2 aromatic carbocycles. The third kappa shape index (κ3) is 5.62. The molecule has 0 aliphatic heterocycles. The minimum Gasteiger partial charge on any atom is -0.492 e. The molecule has 5 heteroatoms. The molecule has 26 heavy (non-hydrogen) atoms. The highest BCUT2D eigenvalue weighted by atomic mass is 16.5. The molecule has 2 aromatic rings. The van der Waals surface area contributed by atoms with Crippen molar-refractivity contribution < 1.29 is 19.1 Å². The van der Waals surface area contributed by atoms with Crippen molar-refractivity contribution >= 4 is 11.9 Å². The van der Waals surface area contributed by atoms with Gasteiger partial charge in [-0.05, 0) is 54.8 Å². The zero-order valence-electron chi connectivity index (χ0n) is 15.5. The molecule has 0 saturated carbocycles. The first kappa shape index (κ1) is 19.5. The van der Waals surface area contributed by atoms with Crippen LogP contribution in [0.15, 0.2) is 48.5 Å². The number of benzene rings is 2. The quantitative estimate of drug-likeness (QED) is 0.578. The van der Waals surface area contributed by atoms with Gasteiger partial charge in [0.1, 0.15) is 12.4 Å². The smallest absolute Gasteiger partial charge is 0.338 e. The molecule has 2 rings (SSSR count). The Morgan fingerprint density at radius 3 is 2.15 bits per heavy atom. The van der Waals surface area contributed by atoms with Gasteiger partial charge in [-0.3, -0.25) is 4.79 Å². The lowest BCUT2D eigenvalue weighted by molar-refractivity contribution is 0.0526. The highest BCUT2D eigenvalue weighted by molar-refractivity contribution is 5.94. The largest absolute Gasteiger partial charge is 0.492 e. The molecule has 0 aromatic heterocycles. The standard InChI is InChI=1S/C21H25NO4/c1-4-25-21(24)18-9-11-19(12-10-18)26-14-13-22-20(23)17-7-5-16(6-8-17)15(2)3/h5-12,15H,4,13-14H2,1-3H3,(H,22,23). The van der Waals surface area contributed by atoms with Crippen molar-refractivity contribution in [2.45, 2.75) is 26.7 Å². The summed E-state index contributed by atoms with van der Waals surface area (Å²) in [6, 6.07) is 14.3. The maximum absolute atomic E-state index is 12.1. The molecule has 0 aliphatic rings. The van der Waals surface area contributed by atoms with E-state index in [0.717, 1.165) is 0 Å². The molecule has 0 fully saturated rings. The third-order valence-corrected chi connectivity index (χ3v) is 3.86. The fourth-order valence-corrected chi connectivity index (χ4v) is 2.36. The van der Waals surface area contributed by atoms with Gasteiger partial charge >= 0.3 is 5.97 Å². The van der Waals surface area contributed by atoms with E-state index in [1.165, 1.54) is 5.56 Å². The lowest BCUT2D eigenvalue weighted by Crippen LogP contribution is -2.28. The number of hydrogen-bond donors (Lipinski definition) is 1. The van der Waals surface area contributed by atoms with Gasteiger partial charge in [0.25, 0.3) is 5.91 Å². The van der Waals surface area contributed by atoms with E-state index in [-0.39, 0.29) is 11.9 Å². The average molecular weight is 355 g/mol. The molecule has 138 valence electrons. The summed E-state index contributed by atoms with van der Waals surface area (Å²) in [5, 5.41) is 2.83. The van der Waals surface area contributed by atoms with Gasteiger partial charge in [0, 0.05) is 5.56 Å². The summed E-state index contributed by atoms with van der Waals surface area (Å²) < 4.78 is 10.5. The van der Waals surface area contributed by atoms with Gasteiger partial charge in [0.15, 0.2) is 0 Å². The van der Waals surface area contributed by atoms with E-state index in [4.69, 9.17) is 9.47 Å². The molecular weight excluding hydrogens is 330 g/mol. The first-order valence-electron chi connectivity index (χ1n) is 8.79. The van der Waals surface area contributed by atoms with Crippen molar-refractivity contribution in [3.8, 4) is 5.75 Å². The van der Waals surface area contributed by atoms with Crippen LogP contribution >= 0.6 is 0 Å². The van der Waals surface area contributed by atoms with Crippen molar-refractivity contribution in [1.82, 2.24) is 5.32 Å². The molecule has 1 amide bonds. The van der Waals surface area contributed by atoms with Crippen LogP contribution in [0.25, 0.3) is 0 Å². The fraction of sp³-hybridized carbons (Fsp3) is 0.333. The summed E-state index contributed by atoms with van der Waals surface area (Å²) >= 11 is 0. The first-order valence-corrected chi connectivity index (χ1v) is 8.79. The fourth-order valence-electron chi connectivity index (χ4n) is 2.36. The van der Waals surface area contributed by atoms with Crippen LogP contribution in [-0.2, 0) is 4.74 Å². The lowest BCUT2D eigenvalue weighted by atomic mass is 10.0. The molecule has 0 bridgehead atoms. The average Bonchev–Trinajstić information content (AvgIpc) is 2.65. The van der Waals surface area contributed by atoms with Gasteiger partial charge in [-0.15, -0.1) is 0 Å².